The van der Waals surface area contributed by atoms with Crippen molar-refractivity contribution in [1.29, 1.82) is 0 Å². The van der Waals surface area contributed by atoms with E-state index in [1.54, 1.807) is 0 Å². The number of hydrogen-bond acceptors (Lipinski definition) is 2. The van der Waals surface area contributed by atoms with Gasteiger partial charge in [0.15, 0.2) is 0 Å². The smallest absolute Gasteiger partial charge is 0.133 e. The molecule has 1 aliphatic carbocycles. The van der Waals surface area contributed by atoms with Gasteiger partial charge in [0, 0.05) is 17.9 Å². The van der Waals surface area contributed by atoms with Gasteiger partial charge in [-0.15, -0.1) is 0 Å². The summed E-state index contributed by atoms with van der Waals surface area (Å²) >= 11 is 3.47. The molecule has 1 aromatic carbocycles. The summed E-state index contributed by atoms with van der Waals surface area (Å²) in [6, 6.07) is 8.18. The molecule has 0 bridgehead atoms. The summed E-state index contributed by atoms with van der Waals surface area (Å²) < 4.78 is 6.94. The van der Waals surface area contributed by atoms with Crippen LogP contribution in [0.5, 0.6) is 5.75 Å². The highest BCUT2D eigenvalue weighted by molar-refractivity contribution is 9.10. The fourth-order valence-corrected chi connectivity index (χ4v) is 2.19. The van der Waals surface area contributed by atoms with Crippen molar-refractivity contribution in [2.24, 2.45) is 11.1 Å². The topological polar surface area (TPSA) is 35.2 Å². The van der Waals surface area contributed by atoms with Crippen LogP contribution < -0.4 is 10.5 Å². The minimum atomic E-state index is 0.0787. The van der Waals surface area contributed by atoms with E-state index in [0.717, 1.165) is 16.6 Å². The lowest BCUT2D eigenvalue weighted by molar-refractivity contribution is -0.0403. The number of para-hydroxylation sites is 1. The first-order chi connectivity index (χ1) is 7.01. The molecule has 0 saturated heterocycles. The third kappa shape index (κ3) is 1.91. The molecule has 3 heteroatoms. The maximum absolute atomic E-state index is 5.95. The van der Waals surface area contributed by atoms with Gasteiger partial charge in [-0.1, -0.05) is 26.0 Å². The highest BCUT2D eigenvalue weighted by Crippen LogP contribution is 2.42. The molecule has 0 heterocycles. The number of nitrogens with two attached hydrogens (primary N) is 1. The zero-order valence-electron chi connectivity index (χ0n) is 9.03. The number of rotatable bonds is 2. The van der Waals surface area contributed by atoms with E-state index in [4.69, 9.17) is 10.5 Å². The molecule has 82 valence electrons. The SMILES string of the molecule is CC1(C)C(N)CC1Oc1ccccc1Br. The number of ether oxygens (including phenoxy) is 1. The van der Waals surface area contributed by atoms with Crippen LogP contribution in [0.25, 0.3) is 0 Å². The van der Waals surface area contributed by atoms with Gasteiger partial charge in [0.2, 0.25) is 0 Å². The van der Waals surface area contributed by atoms with Crippen molar-refractivity contribution >= 4 is 15.9 Å². The molecule has 0 radical (unpaired) electrons. The lowest BCUT2D eigenvalue weighted by Gasteiger charge is -2.49. The fourth-order valence-electron chi connectivity index (χ4n) is 1.81. The fraction of sp³-hybridized carbons (Fsp3) is 0.500. The van der Waals surface area contributed by atoms with Crippen LogP contribution in [0.4, 0.5) is 0 Å². The third-order valence-electron chi connectivity index (χ3n) is 3.36. The Kier molecular flexibility index (Phi) is 2.77. The Bertz CT molecular complexity index is 364. The van der Waals surface area contributed by atoms with Crippen LogP contribution in [0.1, 0.15) is 20.3 Å². The molecule has 15 heavy (non-hydrogen) atoms. The van der Waals surface area contributed by atoms with Crippen LogP contribution in [0, 0.1) is 5.41 Å². The van der Waals surface area contributed by atoms with Gasteiger partial charge in [-0.05, 0) is 28.1 Å². The molecule has 0 aromatic heterocycles. The van der Waals surface area contributed by atoms with E-state index >= 15 is 0 Å². The maximum atomic E-state index is 5.95. The van der Waals surface area contributed by atoms with Crippen LogP contribution in [0.3, 0.4) is 0 Å². The van der Waals surface area contributed by atoms with E-state index in [2.05, 4.69) is 29.8 Å². The highest BCUT2D eigenvalue weighted by atomic mass is 79.9. The summed E-state index contributed by atoms with van der Waals surface area (Å²) in [5.41, 5.74) is 6.03. The van der Waals surface area contributed by atoms with Crippen LogP contribution in [-0.4, -0.2) is 12.1 Å². The van der Waals surface area contributed by atoms with Gasteiger partial charge < -0.3 is 10.5 Å². The van der Waals surface area contributed by atoms with E-state index < -0.39 is 0 Å². The van der Waals surface area contributed by atoms with Crippen molar-refractivity contribution in [3.8, 4) is 5.75 Å². The lowest BCUT2D eigenvalue weighted by atomic mass is 9.65. The molecule has 0 aliphatic heterocycles. The summed E-state index contributed by atoms with van der Waals surface area (Å²) in [4.78, 5) is 0. The van der Waals surface area contributed by atoms with Gasteiger partial charge in [-0.25, -0.2) is 0 Å². The van der Waals surface area contributed by atoms with Crippen molar-refractivity contribution in [2.45, 2.75) is 32.4 Å². The standard InChI is InChI=1S/C12H16BrNO/c1-12(2)10(14)7-11(12)15-9-6-4-3-5-8(9)13/h3-6,10-11H,7,14H2,1-2H3. The van der Waals surface area contributed by atoms with E-state index in [0.29, 0.717) is 0 Å². The minimum absolute atomic E-state index is 0.0787. The van der Waals surface area contributed by atoms with E-state index in [1.807, 2.05) is 24.3 Å². The van der Waals surface area contributed by atoms with Crippen molar-refractivity contribution in [3.63, 3.8) is 0 Å². The lowest BCUT2D eigenvalue weighted by Crippen LogP contribution is -2.60. The monoisotopic (exact) mass is 269 g/mol. The van der Waals surface area contributed by atoms with Crippen LogP contribution in [0.15, 0.2) is 28.7 Å². The molecule has 0 spiro atoms. The zero-order chi connectivity index (χ0) is 11.1. The van der Waals surface area contributed by atoms with Gasteiger partial charge in [-0.3, -0.25) is 0 Å². The molecule has 2 atom stereocenters. The normalized spacial score (nSPS) is 28.3. The van der Waals surface area contributed by atoms with Gasteiger partial charge >= 0.3 is 0 Å². The Hall–Kier alpha value is -0.540. The molecule has 2 nitrogen and oxygen atoms in total. The second-order valence-corrected chi connectivity index (χ2v) is 5.55. The first-order valence-electron chi connectivity index (χ1n) is 5.18. The molecule has 2 unspecified atom stereocenters. The molecule has 1 aliphatic rings. The van der Waals surface area contributed by atoms with Gasteiger partial charge in [-0.2, -0.15) is 0 Å². The first kappa shape index (κ1) is 11.0. The van der Waals surface area contributed by atoms with Crippen molar-refractivity contribution in [1.82, 2.24) is 0 Å². The molecule has 0 amide bonds. The zero-order valence-corrected chi connectivity index (χ0v) is 10.6. The second kappa shape index (κ2) is 3.80. The summed E-state index contributed by atoms with van der Waals surface area (Å²) in [6.45, 7) is 4.31. The third-order valence-corrected chi connectivity index (χ3v) is 4.01. The quantitative estimate of drug-likeness (QED) is 0.896. The van der Waals surface area contributed by atoms with E-state index in [1.165, 1.54) is 0 Å². The van der Waals surface area contributed by atoms with Crippen molar-refractivity contribution < 1.29 is 4.74 Å². The predicted molar refractivity (Wildman–Crippen MR) is 64.9 cm³/mol. The Morgan fingerprint density at radius 1 is 1.40 bits per heavy atom. The number of hydrogen-bond donors (Lipinski definition) is 1. The second-order valence-electron chi connectivity index (χ2n) is 4.70. The highest BCUT2D eigenvalue weighted by Gasteiger charge is 2.48. The summed E-state index contributed by atoms with van der Waals surface area (Å²) in [7, 11) is 0. The number of benzene rings is 1. The molecule has 1 aromatic rings. The summed E-state index contributed by atoms with van der Waals surface area (Å²) in [5.74, 6) is 0.905. The van der Waals surface area contributed by atoms with Gasteiger partial charge in [0.25, 0.3) is 0 Å². The Labute approximate surface area is 98.9 Å². The summed E-state index contributed by atoms with van der Waals surface area (Å²) in [5, 5.41) is 0. The van der Waals surface area contributed by atoms with E-state index in [-0.39, 0.29) is 17.6 Å². The Morgan fingerprint density at radius 2 is 2.07 bits per heavy atom. The molecule has 1 saturated carbocycles. The van der Waals surface area contributed by atoms with E-state index in [9.17, 15) is 0 Å². The van der Waals surface area contributed by atoms with Gasteiger partial charge in [0.1, 0.15) is 11.9 Å². The van der Waals surface area contributed by atoms with Crippen LogP contribution in [-0.2, 0) is 0 Å². The Balaban J connectivity index is 2.08. The first-order valence-corrected chi connectivity index (χ1v) is 5.98. The largest absolute Gasteiger partial charge is 0.489 e. The van der Waals surface area contributed by atoms with Crippen LogP contribution in [0.2, 0.25) is 0 Å². The van der Waals surface area contributed by atoms with Crippen molar-refractivity contribution in [2.75, 3.05) is 0 Å². The predicted octanol–water partition coefficient (Wildman–Crippen LogP) is 2.95. The Morgan fingerprint density at radius 3 is 2.60 bits per heavy atom. The van der Waals surface area contributed by atoms with Crippen molar-refractivity contribution in [3.05, 3.63) is 28.7 Å². The molecular weight excluding hydrogens is 254 g/mol. The van der Waals surface area contributed by atoms with Gasteiger partial charge in [0.05, 0.1) is 4.47 Å². The molecule has 2 N–H and O–H groups in total. The summed E-state index contributed by atoms with van der Waals surface area (Å²) in [6.07, 6.45) is 1.17. The minimum Gasteiger partial charge on any atom is -0.489 e. The molecule has 2 rings (SSSR count). The average Bonchev–Trinajstić information content (AvgIpc) is 2.20. The average molecular weight is 270 g/mol. The van der Waals surface area contributed by atoms with Crippen LogP contribution >= 0.6 is 15.9 Å². The number of halogens is 1. The molecule has 1 fully saturated rings. The maximum Gasteiger partial charge on any atom is 0.133 e. The molecular formula is C12H16BrNO.